The van der Waals surface area contributed by atoms with Crippen molar-refractivity contribution in [1.29, 1.82) is 0 Å². The average molecular weight is 243 g/mol. The summed E-state index contributed by atoms with van der Waals surface area (Å²) in [6.45, 7) is 0. The molecule has 0 aliphatic carbocycles. The third-order valence-electron chi connectivity index (χ3n) is 2.12. The molecule has 0 bridgehead atoms. The van der Waals surface area contributed by atoms with E-state index in [-0.39, 0.29) is 0 Å². The van der Waals surface area contributed by atoms with Gasteiger partial charge in [0, 0.05) is 12.1 Å². The number of benzene rings is 1. The Kier molecular flexibility index (Phi) is 4.24. The van der Waals surface area contributed by atoms with Crippen LogP contribution in [0.2, 0.25) is 0 Å². The zero-order valence-electron chi connectivity index (χ0n) is 8.44. The van der Waals surface area contributed by atoms with Crippen molar-refractivity contribution in [2.75, 3.05) is 6.16 Å². The number of rotatable bonds is 5. The van der Waals surface area contributed by atoms with Crippen molar-refractivity contribution < 1.29 is 24.5 Å². The molecule has 0 aliphatic rings. The molecule has 1 aromatic carbocycles. The Labute approximate surface area is 92.8 Å². The van der Waals surface area contributed by atoms with Gasteiger partial charge in [-0.3, -0.25) is 4.57 Å². The standard InChI is InChI=1S/C10H13O5P/c11-9(12)6-7-16(14,15)10(13)8-4-2-1-3-5-8/h1-5,10,13H,6-7H2,(H,11,12)(H,14,15)/p-1. The summed E-state index contributed by atoms with van der Waals surface area (Å²) in [5.41, 5.74) is 0.298. The molecule has 0 spiro atoms. The lowest BCUT2D eigenvalue weighted by molar-refractivity contribution is -0.305. The summed E-state index contributed by atoms with van der Waals surface area (Å²) < 4.78 is 11.6. The quantitative estimate of drug-likeness (QED) is 0.714. The number of hydrogen-bond acceptors (Lipinski definition) is 4. The first-order valence-corrected chi connectivity index (χ1v) is 6.59. The molecular weight excluding hydrogens is 231 g/mol. The fourth-order valence-electron chi connectivity index (χ4n) is 1.23. The van der Waals surface area contributed by atoms with E-state index in [0.717, 1.165) is 0 Å². The molecule has 16 heavy (non-hydrogen) atoms. The highest BCUT2D eigenvalue weighted by molar-refractivity contribution is 7.58. The van der Waals surface area contributed by atoms with E-state index in [1.54, 1.807) is 18.2 Å². The summed E-state index contributed by atoms with van der Waals surface area (Å²) >= 11 is 0. The summed E-state index contributed by atoms with van der Waals surface area (Å²) in [7, 11) is -3.92. The van der Waals surface area contributed by atoms with Gasteiger partial charge in [-0.2, -0.15) is 0 Å². The highest BCUT2D eigenvalue weighted by atomic mass is 31.2. The van der Waals surface area contributed by atoms with Crippen molar-refractivity contribution in [3.05, 3.63) is 35.9 Å². The van der Waals surface area contributed by atoms with Crippen LogP contribution in [-0.4, -0.2) is 22.1 Å². The van der Waals surface area contributed by atoms with Crippen LogP contribution in [0.4, 0.5) is 0 Å². The third-order valence-corrected chi connectivity index (χ3v) is 4.04. The number of aliphatic carboxylic acids is 1. The van der Waals surface area contributed by atoms with Gasteiger partial charge in [-0.05, 0) is 12.0 Å². The second-order valence-electron chi connectivity index (χ2n) is 3.39. The van der Waals surface area contributed by atoms with E-state index in [1.165, 1.54) is 12.1 Å². The lowest BCUT2D eigenvalue weighted by Crippen LogP contribution is -2.23. The van der Waals surface area contributed by atoms with Gasteiger partial charge < -0.3 is 19.9 Å². The molecule has 2 atom stereocenters. The van der Waals surface area contributed by atoms with E-state index in [1.807, 2.05) is 0 Å². The maximum absolute atomic E-state index is 11.6. The predicted molar refractivity (Wildman–Crippen MR) is 55.7 cm³/mol. The number of carboxylic acid groups (broad SMARTS) is 1. The molecule has 6 heteroatoms. The van der Waals surface area contributed by atoms with Crippen LogP contribution in [0.5, 0.6) is 0 Å². The van der Waals surface area contributed by atoms with Crippen molar-refractivity contribution >= 4 is 13.3 Å². The van der Waals surface area contributed by atoms with Crippen LogP contribution in [0.3, 0.4) is 0 Å². The van der Waals surface area contributed by atoms with Crippen molar-refractivity contribution in [3.63, 3.8) is 0 Å². The summed E-state index contributed by atoms with van der Waals surface area (Å²) in [5, 5.41) is 19.8. The smallest absolute Gasteiger partial charge is 0.233 e. The van der Waals surface area contributed by atoms with E-state index >= 15 is 0 Å². The maximum Gasteiger partial charge on any atom is 0.233 e. The van der Waals surface area contributed by atoms with Crippen LogP contribution in [0.15, 0.2) is 30.3 Å². The first-order valence-electron chi connectivity index (χ1n) is 4.68. The predicted octanol–water partition coefficient (Wildman–Crippen LogP) is 0.0879. The Balaban J connectivity index is 2.76. The first kappa shape index (κ1) is 12.9. The maximum atomic E-state index is 11.6. The van der Waals surface area contributed by atoms with Gasteiger partial charge in [-0.25, -0.2) is 0 Å². The monoisotopic (exact) mass is 243 g/mol. The molecule has 0 radical (unpaired) electrons. The molecule has 1 rings (SSSR count). The van der Waals surface area contributed by atoms with Crippen molar-refractivity contribution in [2.24, 2.45) is 0 Å². The van der Waals surface area contributed by atoms with E-state index in [4.69, 9.17) is 0 Å². The van der Waals surface area contributed by atoms with Crippen LogP contribution >= 0.6 is 7.37 Å². The number of carbonyl (C=O) groups excluding carboxylic acids is 1. The largest absolute Gasteiger partial charge is 0.550 e. The number of aliphatic hydroxyl groups is 1. The van der Waals surface area contributed by atoms with Gasteiger partial charge in [0.25, 0.3) is 0 Å². The van der Waals surface area contributed by atoms with Crippen LogP contribution < -0.4 is 5.11 Å². The lowest BCUT2D eigenvalue weighted by atomic mass is 10.2. The zero-order chi connectivity index (χ0) is 12.2. The number of aliphatic hydroxyl groups excluding tert-OH is 1. The van der Waals surface area contributed by atoms with Gasteiger partial charge in [-0.1, -0.05) is 30.3 Å². The van der Waals surface area contributed by atoms with Crippen LogP contribution in [0.1, 0.15) is 17.8 Å². The molecule has 5 nitrogen and oxygen atoms in total. The Morgan fingerprint density at radius 2 is 1.94 bits per heavy atom. The van der Waals surface area contributed by atoms with Crippen LogP contribution in [-0.2, 0) is 9.36 Å². The number of carboxylic acids is 1. The second-order valence-corrected chi connectivity index (χ2v) is 5.83. The number of hydrogen-bond donors (Lipinski definition) is 2. The highest BCUT2D eigenvalue weighted by Gasteiger charge is 2.29. The van der Waals surface area contributed by atoms with Crippen LogP contribution in [0, 0.1) is 0 Å². The van der Waals surface area contributed by atoms with E-state index in [0.29, 0.717) is 5.56 Å². The number of carbonyl (C=O) groups is 1. The average Bonchev–Trinajstić information content (AvgIpc) is 2.27. The van der Waals surface area contributed by atoms with Gasteiger partial charge in [0.1, 0.15) is 0 Å². The fourth-order valence-corrected chi connectivity index (χ4v) is 2.62. The minimum atomic E-state index is -3.92. The van der Waals surface area contributed by atoms with E-state index in [9.17, 15) is 24.5 Å². The van der Waals surface area contributed by atoms with E-state index in [2.05, 4.69) is 0 Å². The molecule has 0 aliphatic heterocycles. The van der Waals surface area contributed by atoms with Crippen LogP contribution in [0.25, 0.3) is 0 Å². The normalized spacial score (nSPS) is 16.4. The van der Waals surface area contributed by atoms with Crippen molar-refractivity contribution in [1.82, 2.24) is 0 Å². The molecule has 0 amide bonds. The van der Waals surface area contributed by atoms with Gasteiger partial charge in [-0.15, -0.1) is 0 Å². The summed E-state index contributed by atoms with van der Waals surface area (Å²) in [4.78, 5) is 19.7. The molecule has 0 saturated heterocycles. The molecule has 2 unspecified atom stereocenters. The van der Waals surface area contributed by atoms with E-state index < -0.39 is 31.8 Å². The minimum absolute atomic E-state index is 0.298. The summed E-state index contributed by atoms with van der Waals surface area (Å²) in [6.07, 6.45) is -1.04. The molecule has 88 valence electrons. The zero-order valence-corrected chi connectivity index (χ0v) is 9.34. The summed E-state index contributed by atoms with van der Waals surface area (Å²) in [6, 6.07) is 7.97. The third kappa shape index (κ3) is 3.45. The highest BCUT2D eigenvalue weighted by Crippen LogP contribution is 2.54. The van der Waals surface area contributed by atoms with Gasteiger partial charge in [0.15, 0.2) is 5.85 Å². The Bertz CT molecular complexity index is 403. The Hall–Kier alpha value is -1.16. The molecular formula is C10H12O5P-. The van der Waals surface area contributed by atoms with Gasteiger partial charge >= 0.3 is 0 Å². The molecule has 1 aromatic rings. The summed E-state index contributed by atoms with van der Waals surface area (Å²) in [5.74, 6) is -2.96. The molecule has 0 saturated carbocycles. The topological polar surface area (TPSA) is 97.7 Å². The minimum Gasteiger partial charge on any atom is -0.550 e. The molecule has 0 fully saturated rings. The fraction of sp³-hybridized carbons (Fsp3) is 0.300. The second kappa shape index (κ2) is 5.25. The SMILES string of the molecule is O=C([O-])CCP(=O)(O)C(O)c1ccccc1. The Morgan fingerprint density at radius 1 is 1.38 bits per heavy atom. The molecule has 0 heterocycles. The van der Waals surface area contributed by atoms with Gasteiger partial charge in [0.2, 0.25) is 7.37 Å². The molecule has 0 aromatic heterocycles. The molecule has 2 N–H and O–H groups in total. The lowest BCUT2D eigenvalue weighted by Gasteiger charge is -2.18. The Morgan fingerprint density at radius 3 is 2.44 bits per heavy atom. The first-order chi connectivity index (χ1) is 7.43. The van der Waals surface area contributed by atoms with Crippen molar-refractivity contribution in [3.8, 4) is 0 Å². The van der Waals surface area contributed by atoms with Crippen molar-refractivity contribution in [2.45, 2.75) is 12.3 Å². The van der Waals surface area contributed by atoms with Gasteiger partial charge in [0.05, 0.1) is 0 Å².